The van der Waals surface area contributed by atoms with Gasteiger partial charge in [-0.15, -0.1) is 0 Å². The summed E-state index contributed by atoms with van der Waals surface area (Å²) < 4.78 is 20.4. The summed E-state index contributed by atoms with van der Waals surface area (Å²) in [5, 5.41) is 0. The zero-order valence-electron chi connectivity index (χ0n) is 14.9. The lowest BCUT2D eigenvalue weighted by Crippen LogP contribution is -2.38. The van der Waals surface area contributed by atoms with E-state index in [-0.39, 0.29) is 30.3 Å². The van der Waals surface area contributed by atoms with Gasteiger partial charge in [-0.25, -0.2) is 4.39 Å². The van der Waals surface area contributed by atoms with Crippen LogP contribution in [-0.2, 0) is 6.42 Å². The van der Waals surface area contributed by atoms with Crippen LogP contribution in [0.4, 0.5) is 4.39 Å². The van der Waals surface area contributed by atoms with Gasteiger partial charge in [0.25, 0.3) is 11.8 Å². The van der Waals surface area contributed by atoms with E-state index in [1.54, 1.807) is 42.5 Å². The maximum atomic E-state index is 14.3. The van der Waals surface area contributed by atoms with E-state index in [1.165, 1.54) is 11.0 Å². The number of imide groups is 1. The second-order valence-corrected chi connectivity index (χ2v) is 6.98. The van der Waals surface area contributed by atoms with Crippen LogP contribution >= 0.6 is 0 Å². The van der Waals surface area contributed by atoms with Crippen molar-refractivity contribution in [3.05, 3.63) is 89.2 Å². The van der Waals surface area contributed by atoms with Crippen molar-refractivity contribution in [1.29, 1.82) is 0 Å². The minimum Gasteiger partial charge on any atom is -0.487 e. The number of para-hydroxylation sites is 1. The van der Waals surface area contributed by atoms with Crippen molar-refractivity contribution in [2.75, 3.05) is 6.54 Å². The van der Waals surface area contributed by atoms with Gasteiger partial charge in [0, 0.05) is 17.5 Å². The van der Waals surface area contributed by atoms with E-state index in [0.717, 1.165) is 5.56 Å². The lowest BCUT2D eigenvalue weighted by Gasteiger charge is -2.19. The minimum atomic E-state index is -0.356. The van der Waals surface area contributed by atoms with Crippen molar-refractivity contribution in [2.45, 2.75) is 12.5 Å². The van der Waals surface area contributed by atoms with Gasteiger partial charge in [0.1, 0.15) is 17.7 Å². The van der Waals surface area contributed by atoms with Crippen LogP contribution < -0.4 is 4.74 Å². The van der Waals surface area contributed by atoms with Crippen LogP contribution in [0.5, 0.6) is 5.75 Å². The fraction of sp³-hybridized carbons (Fsp3) is 0.130. The van der Waals surface area contributed by atoms with Gasteiger partial charge in [-0.05, 0) is 23.8 Å². The molecule has 0 bridgehead atoms. The summed E-state index contributed by atoms with van der Waals surface area (Å²) in [4.78, 5) is 26.4. The fourth-order valence-corrected chi connectivity index (χ4v) is 3.94. The first-order valence-corrected chi connectivity index (χ1v) is 9.12. The Bertz CT molecular complexity index is 1090. The number of ether oxygens (including phenoxy) is 1. The Labute approximate surface area is 161 Å². The van der Waals surface area contributed by atoms with E-state index in [2.05, 4.69) is 0 Å². The van der Waals surface area contributed by atoms with Crippen molar-refractivity contribution in [2.24, 2.45) is 0 Å². The average molecular weight is 373 g/mol. The molecule has 3 aromatic carbocycles. The number of fused-ring (bicyclic) bond motifs is 2. The van der Waals surface area contributed by atoms with Crippen LogP contribution in [0.3, 0.4) is 0 Å². The van der Waals surface area contributed by atoms with Crippen molar-refractivity contribution >= 4 is 11.8 Å². The Morgan fingerprint density at radius 3 is 2.11 bits per heavy atom. The van der Waals surface area contributed by atoms with Crippen LogP contribution in [0.2, 0.25) is 0 Å². The summed E-state index contributed by atoms with van der Waals surface area (Å²) in [5.41, 5.74) is 2.95. The lowest BCUT2D eigenvalue weighted by molar-refractivity contribution is 0.0588. The van der Waals surface area contributed by atoms with E-state index >= 15 is 0 Å². The van der Waals surface area contributed by atoms with Gasteiger partial charge in [0.05, 0.1) is 17.7 Å². The summed E-state index contributed by atoms with van der Waals surface area (Å²) >= 11 is 0. The first kappa shape index (κ1) is 16.7. The Morgan fingerprint density at radius 1 is 0.821 bits per heavy atom. The molecule has 3 aromatic rings. The van der Waals surface area contributed by atoms with Gasteiger partial charge in [0.15, 0.2) is 0 Å². The molecule has 2 aliphatic heterocycles. The van der Waals surface area contributed by atoms with Crippen molar-refractivity contribution in [3.8, 4) is 16.9 Å². The summed E-state index contributed by atoms with van der Waals surface area (Å²) in [7, 11) is 0. The number of hydrogen-bond acceptors (Lipinski definition) is 3. The molecular formula is C23H16FNO3. The topological polar surface area (TPSA) is 46.6 Å². The summed E-state index contributed by atoms with van der Waals surface area (Å²) in [6, 6.07) is 19.0. The normalized spacial score (nSPS) is 17.5. The number of carbonyl (C=O) groups is 2. The molecule has 0 fully saturated rings. The number of amides is 2. The molecular weight excluding hydrogens is 357 g/mol. The first-order chi connectivity index (χ1) is 13.6. The molecule has 0 N–H and O–H groups in total. The molecule has 0 aliphatic carbocycles. The molecule has 2 aliphatic rings. The molecule has 4 nitrogen and oxygen atoms in total. The predicted molar refractivity (Wildman–Crippen MR) is 102 cm³/mol. The largest absolute Gasteiger partial charge is 0.487 e. The zero-order chi connectivity index (χ0) is 19.3. The van der Waals surface area contributed by atoms with Gasteiger partial charge in [0.2, 0.25) is 0 Å². The van der Waals surface area contributed by atoms with Gasteiger partial charge in [-0.1, -0.05) is 48.5 Å². The summed E-state index contributed by atoms with van der Waals surface area (Å²) in [5.74, 6) is -0.290. The second-order valence-electron chi connectivity index (χ2n) is 6.98. The van der Waals surface area contributed by atoms with E-state index in [9.17, 15) is 14.0 Å². The minimum absolute atomic E-state index is 0.164. The number of nitrogens with zero attached hydrogens (tertiary/aromatic N) is 1. The molecule has 0 saturated heterocycles. The molecule has 1 atom stereocenters. The first-order valence-electron chi connectivity index (χ1n) is 9.12. The maximum Gasteiger partial charge on any atom is 0.261 e. The molecule has 0 spiro atoms. The Kier molecular flexibility index (Phi) is 3.76. The number of hydrogen-bond donors (Lipinski definition) is 0. The smallest absolute Gasteiger partial charge is 0.261 e. The van der Waals surface area contributed by atoms with Gasteiger partial charge in [-0.3, -0.25) is 14.5 Å². The van der Waals surface area contributed by atoms with Crippen molar-refractivity contribution in [1.82, 2.24) is 4.90 Å². The molecule has 2 amide bonds. The zero-order valence-corrected chi connectivity index (χ0v) is 14.9. The number of carbonyl (C=O) groups excluding carboxylic acids is 2. The van der Waals surface area contributed by atoms with Crippen molar-refractivity contribution in [3.63, 3.8) is 0 Å². The molecule has 0 radical (unpaired) electrons. The Hall–Kier alpha value is -3.47. The highest BCUT2D eigenvalue weighted by Gasteiger charge is 2.38. The number of rotatable bonds is 3. The monoisotopic (exact) mass is 373 g/mol. The third-order valence-electron chi connectivity index (χ3n) is 5.26. The molecule has 0 aromatic heterocycles. The third kappa shape index (κ3) is 2.51. The number of benzene rings is 3. The average Bonchev–Trinajstić information content (AvgIpc) is 3.23. The summed E-state index contributed by atoms with van der Waals surface area (Å²) in [6.07, 6.45) is 0.204. The van der Waals surface area contributed by atoms with Gasteiger partial charge >= 0.3 is 0 Å². The Morgan fingerprint density at radius 2 is 1.43 bits per heavy atom. The fourth-order valence-electron chi connectivity index (χ4n) is 3.94. The van der Waals surface area contributed by atoms with Crippen LogP contribution in [0.1, 0.15) is 26.3 Å². The molecule has 0 saturated carbocycles. The van der Waals surface area contributed by atoms with Gasteiger partial charge < -0.3 is 4.74 Å². The third-order valence-corrected chi connectivity index (χ3v) is 5.26. The highest BCUT2D eigenvalue weighted by molar-refractivity contribution is 6.21. The molecule has 0 unspecified atom stereocenters. The number of halogens is 1. The SMILES string of the molecule is O=C1c2ccccc2C(=O)N1C[C@H]1Cc2cccc(-c3ccccc3F)c2O1. The highest BCUT2D eigenvalue weighted by Crippen LogP contribution is 2.40. The molecule has 28 heavy (non-hydrogen) atoms. The second kappa shape index (κ2) is 6.30. The van der Waals surface area contributed by atoms with Crippen molar-refractivity contribution < 1.29 is 18.7 Å². The van der Waals surface area contributed by atoms with Gasteiger partial charge in [-0.2, -0.15) is 0 Å². The highest BCUT2D eigenvalue weighted by atomic mass is 19.1. The van der Waals surface area contributed by atoms with E-state index < -0.39 is 0 Å². The molecule has 5 heteroatoms. The van der Waals surface area contributed by atoms with Crippen LogP contribution in [0, 0.1) is 5.82 Å². The standard InChI is InChI=1S/C23H16FNO3/c24-20-11-4-3-7-16(20)17-10-5-6-14-12-15(28-21(14)17)13-25-22(26)18-8-1-2-9-19(18)23(25)27/h1-11,15H,12-13H2/t15-/m1/s1. The van der Waals surface area contributed by atoms with E-state index in [4.69, 9.17) is 4.74 Å². The predicted octanol–water partition coefficient (Wildman–Crippen LogP) is 4.09. The van der Waals surface area contributed by atoms with Crippen LogP contribution in [-0.4, -0.2) is 29.4 Å². The molecule has 2 heterocycles. The molecule has 138 valence electrons. The maximum absolute atomic E-state index is 14.3. The molecule has 5 rings (SSSR count). The van der Waals surface area contributed by atoms with Crippen LogP contribution in [0.15, 0.2) is 66.7 Å². The lowest BCUT2D eigenvalue weighted by atomic mass is 10.00. The summed E-state index contributed by atoms with van der Waals surface area (Å²) in [6.45, 7) is 0.164. The quantitative estimate of drug-likeness (QED) is 0.650. The van der Waals surface area contributed by atoms with Crippen LogP contribution in [0.25, 0.3) is 11.1 Å². The van der Waals surface area contributed by atoms with E-state index in [1.807, 2.05) is 18.2 Å². The Balaban J connectivity index is 1.42. The van der Waals surface area contributed by atoms with E-state index in [0.29, 0.717) is 34.4 Å².